The molecule has 30 heavy (non-hydrogen) atoms. The van der Waals surface area contributed by atoms with E-state index in [0.29, 0.717) is 36.3 Å². The van der Waals surface area contributed by atoms with Crippen molar-refractivity contribution in [2.75, 3.05) is 36.4 Å². The number of hydrogen-bond donors (Lipinski definition) is 1. The number of halogens is 1. The molecule has 4 rings (SSSR count). The molecule has 0 spiro atoms. The summed E-state index contributed by atoms with van der Waals surface area (Å²) >= 11 is 4.57. The molecule has 7 nitrogen and oxygen atoms in total. The molecule has 0 bridgehead atoms. The van der Waals surface area contributed by atoms with Gasteiger partial charge < -0.3 is 10.2 Å². The van der Waals surface area contributed by atoms with E-state index in [4.69, 9.17) is 0 Å². The Morgan fingerprint density at radius 1 is 1.00 bits per heavy atom. The molecule has 3 heterocycles. The van der Waals surface area contributed by atoms with Gasteiger partial charge in [0.1, 0.15) is 10.0 Å². The van der Waals surface area contributed by atoms with Crippen LogP contribution in [0.15, 0.2) is 50.5 Å². The maximum atomic E-state index is 12.8. The fourth-order valence-corrected chi connectivity index (χ4v) is 6.84. The maximum absolute atomic E-state index is 12.8. The van der Waals surface area contributed by atoms with Crippen molar-refractivity contribution >= 4 is 54.7 Å². The van der Waals surface area contributed by atoms with Crippen LogP contribution in [0.25, 0.3) is 0 Å². The average Bonchev–Trinajstić information content (AvgIpc) is 3.17. The molecule has 3 aromatic rings. The molecule has 0 aliphatic carbocycles. The number of piperazine rings is 1. The molecule has 0 amide bonds. The number of aromatic nitrogens is 2. The van der Waals surface area contributed by atoms with Gasteiger partial charge in [-0.1, -0.05) is 17.7 Å². The van der Waals surface area contributed by atoms with E-state index >= 15 is 0 Å². The minimum atomic E-state index is -3.46. The van der Waals surface area contributed by atoms with Crippen molar-refractivity contribution in [1.29, 1.82) is 0 Å². The number of benzene rings is 1. The molecule has 0 saturated carbocycles. The van der Waals surface area contributed by atoms with Crippen LogP contribution < -0.4 is 10.2 Å². The molecule has 1 saturated heterocycles. The monoisotopic (exact) mass is 507 g/mol. The molecular weight excluding hydrogens is 486 g/mol. The normalized spacial score (nSPS) is 15.4. The fourth-order valence-electron chi connectivity index (χ4n) is 3.26. The number of thiophene rings is 1. The van der Waals surface area contributed by atoms with Crippen LogP contribution >= 0.6 is 27.3 Å². The third-order valence-electron chi connectivity index (χ3n) is 4.85. The highest BCUT2D eigenvalue weighted by atomic mass is 79.9. The van der Waals surface area contributed by atoms with E-state index in [-0.39, 0.29) is 0 Å². The van der Waals surface area contributed by atoms with E-state index in [1.165, 1.54) is 16.9 Å². The van der Waals surface area contributed by atoms with Gasteiger partial charge in [-0.2, -0.15) is 9.29 Å². The minimum absolute atomic E-state index is 0.366. The van der Waals surface area contributed by atoms with Crippen LogP contribution in [-0.4, -0.2) is 48.9 Å². The van der Waals surface area contributed by atoms with Crippen LogP contribution in [-0.2, 0) is 10.0 Å². The predicted molar refractivity (Wildman–Crippen MR) is 124 cm³/mol. The van der Waals surface area contributed by atoms with E-state index in [9.17, 15) is 8.42 Å². The van der Waals surface area contributed by atoms with Gasteiger partial charge in [0.2, 0.25) is 5.95 Å². The molecule has 10 heteroatoms. The zero-order valence-corrected chi connectivity index (χ0v) is 19.9. The molecule has 158 valence electrons. The van der Waals surface area contributed by atoms with Gasteiger partial charge in [0.15, 0.2) is 0 Å². The molecule has 1 fully saturated rings. The number of nitrogens with zero attached hydrogens (tertiary/aromatic N) is 4. The van der Waals surface area contributed by atoms with E-state index < -0.39 is 10.0 Å². The highest BCUT2D eigenvalue weighted by Gasteiger charge is 2.30. The summed E-state index contributed by atoms with van der Waals surface area (Å²) in [7, 11) is -3.46. The van der Waals surface area contributed by atoms with Gasteiger partial charge in [-0.15, -0.1) is 11.3 Å². The first-order valence-corrected chi connectivity index (χ1v) is 12.6. The second-order valence-electron chi connectivity index (χ2n) is 7.13. The summed E-state index contributed by atoms with van der Waals surface area (Å²) < 4.78 is 28.4. The maximum Gasteiger partial charge on any atom is 0.252 e. The highest BCUT2D eigenvalue weighted by Crippen LogP contribution is 2.29. The number of nitrogens with one attached hydrogen (secondary N) is 1. The smallest absolute Gasteiger partial charge is 0.252 e. The van der Waals surface area contributed by atoms with Crippen molar-refractivity contribution in [3.63, 3.8) is 0 Å². The van der Waals surface area contributed by atoms with Crippen molar-refractivity contribution in [3.05, 3.63) is 57.5 Å². The summed E-state index contributed by atoms with van der Waals surface area (Å²) in [5.74, 6) is 1.33. The van der Waals surface area contributed by atoms with Gasteiger partial charge in [-0.05, 0) is 54.0 Å². The average molecular weight is 508 g/mol. The Labute approximate surface area is 189 Å². The molecule has 0 atom stereocenters. The number of sulfonamides is 1. The van der Waals surface area contributed by atoms with Gasteiger partial charge in [-0.25, -0.2) is 13.4 Å². The Balaban J connectivity index is 1.47. The Morgan fingerprint density at radius 3 is 2.33 bits per heavy atom. The van der Waals surface area contributed by atoms with Crippen LogP contribution in [0.4, 0.5) is 17.5 Å². The topological polar surface area (TPSA) is 78.4 Å². The van der Waals surface area contributed by atoms with E-state index in [2.05, 4.69) is 36.1 Å². The number of hydrogen-bond acceptors (Lipinski definition) is 7. The Bertz CT molecular complexity index is 1140. The van der Waals surface area contributed by atoms with E-state index in [1.807, 2.05) is 44.2 Å². The summed E-state index contributed by atoms with van der Waals surface area (Å²) in [5, 5.41) is 3.25. The SMILES string of the molecule is Cc1ccc(Nc2nc(C)cc(N3CCN(S(=O)(=O)c4ccc(Br)s4)CC3)n2)cc1. The molecule has 1 N–H and O–H groups in total. The molecular formula is C20H22BrN5O2S2. The first kappa shape index (κ1) is 21.2. The summed E-state index contributed by atoms with van der Waals surface area (Å²) in [6, 6.07) is 13.4. The molecule has 0 unspecified atom stereocenters. The van der Waals surface area contributed by atoms with Crippen molar-refractivity contribution in [3.8, 4) is 0 Å². The first-order valence-electron chi connectivity index (χ1n) is 9.51. The molecule has 1 aromatic carbocycles. The Morgan fingerprint density at radius 2 is 1.70 bits per heavy atom. The largest absolute Gasteiger partial charge is 0.354 e. The third-order valence-corrected chi connectivity index (χ3v) is 8.84. The van der Waals surface area contributed by atoms with Crippen LogP contribution in [0.2, 0.25) is 0 Å². The summed E-state index contributed by atoms with van der Waals surface area (Å²) in [5.41, 5.74) is 2.97. The molecule has 2 aromatic heterocycles. The van der Waals surface area contributed by atoms with Gasteiger partial charge in [-0.3, -0.25) is 0 Å². The third kappa shape index (κ3) is 4.66. The van der Waals surface area contributed by atoms with Crippen LogP contribution in [0, 0.1) is 13.8 Å². The Kier molecular flexibility index (Phi) is 6.10. The minimum Gasteiger partial charge on any atom is -0.354 e. The van der Waals surface area contributed by atoms with Crippen molar-refractivity contribution < 1.29 is 8.42 Å². The second-order valence-corrected chi connectivity index (χ2v) is 11.8. The van der Waals surface area contributed by atoms with E-state index in [0.717, 1.165) is 21.0 Å². The summed E-state index contributed by atoms with van der Waals surface area (Å²) in [4.78, 5) is 11.2. The number of rotatable bonds is 5. The zero-order chi connectivity index (χ0) is 21.3. The van der Waals surface area contributed by atoms with Crippen molar-refractivity contribution in [2.45, 2.75) is 18.1 Å². The van der Waals surface area contributed by atoms with Crippen molar-refractivity contribution in [2.24, 2.45) is 0 Å². The lowest BCUT2D eigenvalue weighted by Crippen LogP contribution is -2.48. The van der Waals surface area contributed by atoms with Gasteiger partial charge in [0.25, 0.3) is 10.0 Å². The van der Waals surface area contributed by atoms with Crippen LogP contribution in [0.3, 0.4) is 0 Å². The number of anilines is 3. The summed E-state index contributed by atoms with van der Waals surface area (Å²) in [6.07, 6.45) is 0. The molecule has 1 aliphatic rings. The summed E-state index contributed by atoms with van der Waals surface area (Å²) in [6.45, 7) is 5.96. The van der Waals surface area contributed by atoms with Gasteiger partial charge in [0.05, 0.1) is 3.79 Å². The van der Waals surface area contributed by atoms with Crippen LogP contribution in [0.5, 0.6) is 0 Å². The quantitative estimate of drug-likeness (QED) is 0.558. The van der Waals surface area contributed by atoms with E-state index in [1.54, 1.807) is 16.4 Å². The molecule has 1 aliphatic heterocycles. The first-order chi connectivity index (χ1) is 14.3. The van der Waals surface area contributed by atoms with Crippen molar-refractivity contribution in [1.82, 2.24) is 14.3 Å². The lowest BCUT2D eigenvalue weighted by molar-refractivity contribution is 0.384. The second kappa shape index (κ2) is 8.62. The Hall–Kier alpha value is -2.01. The lowest BCUT2D eigenvalue weighted by Gasteiger charge is -2.34. The highest BCUT2D eigenvalue weighted by molar-refractivity contribution is 9.11. The van der Waals surface area contributed by atoms with Gasteiger partial charge >= 0.3 is 0 Å². The zero-order valence-electron chi connectivity index (χ0n) is 16.7. The molecule has 0 radical (unpaired) electrons. The standard InChI is InChI=1S/C20H22BrN5O2S2/c1-14-3-5-16(6-4-14)23-20-22-15(2)13-18(24-20)25-9-11-26(12-10-25)30(27,28)19-8-7-17(21)29-19/h3-8,13H,9-12H2,1-2H3,(H,22,23,24). The van der Waals surface area contributed by atoms with Gasteiger partial charge in [0, 0.05) is 43.6 Å². The van der Waals surface area contributed by atoms with Crippen LogP contribution in [0.1, 0.15) is 11.3 Å². The number of aryl methyl sites for hydroxylation is 2. The fraction of sp³-hybridized carbons (Fsp3) is 0.300. The lowest BCUT2D eigenvalue weighted by atomic mass is 10.2. The predicted octanol–water partition coefficient (Wildman–Crippen LogP) is 4.17.